The largest absolute Gasteiger partial charge is 0.490 e. The number of anilines is 1. The molecule has 7 rings (SSSR count). The topological polar surface area (TPSA) is 61.8 Å². The number of rotatable bonds is 2. The van der Waals surface area contributed by atoms with Crippen LogP contribution in [0.5, 0.6) is 5.75 Å². The monoisotopic (exact) mass is 606 g/mol. The average Bonchev–Trinajstić information content (AvgIpc) is 3.80. The van der Waals surface area contributed by atoms with Crippen molar-refractivity contribution in [2.24, 2.45) is 23.7 Å². The number of halogens is 1. The predicted molar refractivity (Wildman–Crippen MR) is 172 cm³/mol. The Morgan fingerprint density at radius 1 is 1.17 bits per heavy atom. The molecule has 7 heteroatoms. The molecule has 0 unspecified atom stereocenters. The summed E-state index contributed by atoms with van der Waals surface area (Å²) < 4.78 is 9.86. The normalized spacial score (nSPS) is 33.8. The van der Waals surface area contributed by atoms with Gasteiger partial charge in [0.25, 0.3) is 5.91 Å². The fraction of sp³-hybridized carbons (Fsp3) is 0.571. The van der Waals surface area contributed by atoms with E-state index in [1.165, 1.54) is 24.0 Å². The van der Waals surface area contributed by atoms with Crippen LogP contribution in [0.3, 0.4) is 0 Å². The molecule has 0 aromatic heterocycles. The summed E-state index contributed by atoms with van der Waals surface area (Å²) in [7, 11) is 0. The Morgan fingerprint density at radius 3 is 2.86 bits per heavy atom. The number of nitrogens with one attached hydrogen (secondary N) is 1. The Kier molecular flexibility index (Phi) is 8.00. The molecule has 0 radical (unpaired) electrons. The van der Waals surface area contributed by atoms with Crippen LogP contribution in [0.1, 0.15) is 79.8 Å². The molecule has 2 fully saturated rings. The molecule has 5 nitrogen and oxygen atoms in total. The zero-order valence-electron chi connectivity index (χ0n) is 24.6. The molecule has 2 heterocycles. The first kappa shape index (κ1) is 28.6. The summed E-state index contributed by atoms with van der Waals surface area (Å²) in [5, 5.41) is 12.4. The van der Waals surface area contributed by atoms with Crippen molar-refractivity contribution in [3.8, 4) is 5.75 Å². The Bertz CT molecular complexity index is 1360. The third-order valence-corrected chi connectivity index (χ3v) is 12.2. The van der Waals surface area contributed by atoms with E-state index in [1.807, 2.05) is 24.3 Å². The van der Waals surface area contributed by atoms with Crippen molar-refractivity contribution in [2.45, 2.75) is 81.5 Å². The number of nitrogens with zero attached hydrogens (tertiary/aromatic N) is 1. The lowest BCUT2D eigenvalue weighted by Gasteiger charge is -2.45. The van der Waals surface area contributed by atoms with Crippen molar-refractivity contribution in [2.75, 3.05) is 24.6 Å². The Labute approximate surface area is 259 Å². The highest BCUT2D eigenvalue weighted by molar-refractivity contribution is 7.98. The van der Waals surface area contributed by atoms with Gasteiger partial charge in [-0.3, -0.25) is 9.52 Å². The van der Waals surface area contributed by atoms with Gasteiger partial charge in [-0.15, -0.1) is 0 Å². The third kappa shape index (κ3) is 5.71. The van der Waals surface area contributed by atoms with Crippen LogP contribution in [0.2, 0.25) is 5.02 Å². The van der Waals surface area contributed by atoms with Crippen LogP contribution in [-0.2, 0) is 11.8 Å². The van der Waals surface area contributed by atoms with Crippen LogP contribution < -0.4 is 14.4 Å². The van der Waals surface area contributed by atoms with Crippen molar-refractivity contribution in [3.05, 3.63) is 70.3 Å². The van der Waals surface area contributed by atoms with Crippen LogP contribution in [0.25, 0.3) is 0 Å². The van der Waals surface area contributed by atoms with E-state index in [9.17, 15) is 9.90 Å². The van der Waals surface area contributed by atoms with Gasteiger partial charge < -0.3 is 14.7 Å². The molecule has 0 saturated heterocycles. The first-order chi connectivity index (χ1) is 20.4. The molecule has 2 aliphatic heterocycles. The Balaban J connectivity index is 1.24. The first-order valence-corrected chi connectivity index (χ1v) is 17.3. The Morgan fingerprint density at radius 2 is 2.05 bits per heavy atom. The van der Waals surface area contributed by atoms with Gasteiger partial charge in [0, 0.05) is 34.3 Å². The summed E-state index contributed by atoms with van der Waals surface area (Å²) in [5.41, 5.74) is 4.19. The van der Waals surface area contributed by atoms with E-state index in [-0.39, 0.29) is 17.2 Å². The number of ether oxygens (including phenoxy) is 1. The molecule has 2 aromatic rings. The second kappa shape index (κ2) is 11.7. The highest BCUT2D eigenvalue weighted by Gasteiger charge is 2.44. The maximum Gasteiger partial charge on any atom is 0.261 e. The van der Waals surface area contributed by atoms with E-state index in [4.69, 9.17) is 16.3 Å². The molecule has 2 saturated carbocycles. The van der Waals surface area contributed by atoms with E-state index in [2.05, 4.69) is 40.8 Å². The molecule has 42 heavy (non-hydrogen) atoms. The van der Waals surface area contributed by atoms with Crippen LogP contribution in [0, 0.1) is 23.7 Å². The fourth-order valence-electron chi connectivity index (χ4n) is 7.80. The van der Waals surface area contributed by atoms with Gasteiger partial charge in [0.05, 0.1) is 18.4 Å². The van der Waals surface area contributed by atoms with Crippen molar-refractivity contribution in [1.29, 1.82) is 0 Å². The van der Waals surface area contributed by atoms with E-state index in [0.29, 0.717) is 29.3 Å². The summed E-state index contributed by atoms with van der Waals surface area (Å²) >= 11 is 8.02. The van der Waals surface area contributed by atoms with Crippen molar-refractivity contribution >= 4 is 35.1 Å². The molecule has 2 N–H and O–H groups in total. The van der Waals surface area contributed by atoms with Gasteiger partial charge in [-0.05, 0) is 122 Å². The number of aliphatic hydroxyl groups is 1. The summed E-state index contributed by atoms with van der Waals surface area (Å²) in [6, 6.07) is 12.3. The number of fused-ring (bicyclic) bond motifs is 4. The molecule has 5 aliphatic rings. The number of allylic oxidation sites excluding steroid dienone is 1. The summed E-state index contributed by atoms with van der Waals surface area (Å²) in [4.78, 5) is 16.0. The van der Waals surface area contributed by atoms with Gasteiger partial charge in [-0.2, -0.15) is 0 Å². The van der Waals surface area contributed by atoms with Gasteiger partial charge in [0.2, 0.25) is 0 Å². The number of benzene rings is 2. The van der Waals surface area contributed by atoms with Crippen molar-refractivity contribution in [3.63, 3.8) is 0 Å². The lowest BCUT2D eigenvalue weighted by atomic mass is 9.68. The minimum Gasteiger partial charge on any atom is -0.490 e. The lowest BCUT2D eigenvalue weighted by Crippen LogP contribution is -2.49. The van der Waals surface area contributed by atoms with Gasteiger partial charge >= 0.3 is 0 Å². The second-order valence-electron chi connectivity index (χ2n) is 13.7. The number of amides is 1. The van der Waals surface area contributed by atoms with Crippen molar-refractivity contribution < 1.29 is 14.6 Å². The van der Waals surface area contributed by atoms with Crippen molar-refractivity contribution in [1.82, 2.24) is 4.72 Å². The summed E-state index contributed by atoms with van der Waals surface area (Å²) in [6.07, 6.45) is 13.8. The fourth-order valence-corrected chi connectivity index (χ4v) is 9.09. The quantitative estimate of drug-likeness (QED) is 0.277. The molecule has 1 spiro atoms. The van der Waals surface area contributed by atoms with Gasteiger partial charge in [-0.1, -0.05) is 49.6 Å². The zero-order chi connectivity index (χ0) is 28.8. The lowest BCUT2D eigenvalue weighted by molar-refractivity contribution is 0.0455. The molecular formula is C35H43ClN2O3S. The van der Waals surface area contributed by atoms with E-state index in [0.717, 1.165) is 80.4 Å². The number of carbonyl (C=O) groups excluding carboxylic acids is 1. The molecule has 1 amide bonds. The van der Waals surface area contributed by atoms with Gasteiger partial charge in [0.15, 0.2) is 0 Å². The van der Waals surface area contributed by atoms with Crippen LogP contribution in [0.15, 0.2) is 48.6 Å². The SMILES string of the molecule is C[C@@H]1C/C=C\[C@H](O)[C@@H]2CC[C@H]2CN2C[C@@]3(CCCc4cc(Cl)ccc43)COc3ccc(cc32)C(=O)NS[C@H]1CC1CC1. The maximum atomic E-state index is 13.5. The third-order valence-electron chi connectivity index (χ3n) is 10.7. The molecule has 6 atom stereocenters. The predicted octanol–water partition coefficient (Wildman–Crippen LogP) is 7.34. The van der Waals surface area contributed by atoms with Crippen LogP contribution in [-0.4, -0.2) is 42.1 Å². The Hall–Kier alpha value is -2.15. The number of aryl methyl sites for hydroxylation is 1. The highest BCUT2D eigenvalue weighted by Crippen LogP contribution is 2.47. The van der Waals surface area contributed by atoms with E-state index < -0.39 is 6.10 Å². The first-order valence-electron chi connectivity index (χ1n) is 16.0. The van der Waals surface area contributed by atoms with E-state index in [1.54, 1.807) is 11.9 Å². The minimum absolute atomic E-state index is 0.0352. The molecular weight excluding hydrogens is 564 g/mol. The summed E-state index contributed by atoms with van der Waals surface area (Å²) in [5.74, 6) is 2.66. The van der Waals surface area contributed by atoms with Gasteiger partial charge in [-0.25, -0.2) is 0 Å². The number of hydrogen-bond donors (Lipinski definition) is 2. The molecule has 2 aromatic carbocycles. The smallest absolute Gasteiger partial charge is 0.261 e. The van der Waals surface area contributed by atoms with Gasteiger partial charge in [0.1, 0.15) is 5.75 Å². The second-order valence-corrected chi connectivity index (χ2v) is 15.2. The number of hydrogen-bond acceptors (Lipinski definition) is 5. The summed E-state index contributed by atoms with van der Waals surface area (Å²) in [6.45, 7) is 4.55. The minimum atomic E-state index is -0.418. The van der Waals surface area contributed by atoms with E-state index >= 15 is 0 Å². The highest BCUT2D eigenvalue weighted by atomic mass is 35.5. The molecule has 224 valence electrons. The number of carbonyl (C=O) groups is 1. The zero-order valence-corrected chi connectivity index (χ0v) is 26.1. The van der Waals surface area contributed by atoms with Crippen LogP contribution >= 0.6 is 23.5 Å². The number of aliphatic hydroxyl groups excluding tert-OH is 1. The standard InChI is InChI=1S/C35H43ClN2O3S/c1-22-4-2-6-31(39)28-12-9-26(28)19-38-20-35(15-3-5-24-17-27(36)11-13-29(24)35)21-41-32-14-10-25(18-30(32)38)34(40)37-42-33(22)16-23-7-8-23/h2,6,10-11,13-14,17-18,22-23,26,28,31,33,39H,3-5,7-9,12,15-16,19-21H2,1H3,(H,37,40)/b6-2-/t22-,26+,28-,31+,33+,35+/m1/s1. The van der Waals surface area contributed by atoms with Crippen LogP contribution in [0.4, 0.5) is 5.69 Å². The molecule has 3 aliphatic carbocycles. The molecule has 2 bridgehead atoms. The average molecular weight is 607 g/mol. The maximum absolute atomic E-state index is 13.5.